The molecule has 0 amide bonds. The first kappa shape index (κ1) is 12.8. The smallest absolute Gasteiger partial charge is 0.264 e. The van der Waals surface area contributed by atoms with Crippen LogP contribution in [0.2, 0.25) is 0 Å². The molecule has 0 aromatic rings. The summed E-state index contributed by atoms with van der Waals surface area (Å²) < 4.78 is 38.9. The fourth-order valence-electron chi connectivity index (χ4n) is 0.705. The van der Waals surface area contributed by atoms with Gasteiger partial charge in [-0.3, -0.25) is 4.55 Å². The highest BCUT2D eigenvalue weighted by Gasteiger charge is 2.05. The SMILES string of the molecule is [CH2]COC(C)OCCCS(=O)(=O)O. The maximum atomic E-state index is 10.3. The number of hydrogen-bond donors (Lipinski definition) is 1. The molecule has 1 N–H and O–H groups in total. The molecule has 6 heteroatoms. The van der Waals surface area contributed by atoms with E-state index in [-0.39, 0.29) is 25.1 Å². The van der Waals surface area contributed by atoms with Gasteiger partial charge in [0.15, 0.2) is 6.29 Å². The fourth-order valence-corrected chi connectivity index (χ4v) is 1.19. The predicted octanol–water partition coefficient (Wildman–Crippen LogP) is 0.478. The average molecular weight is 211 g/mol. The molecule has 0 aliphatic carbocycles. The molecule has 5 nitrogen and oxygen atoms in total. The van der Waals surface area contributed by atoms with Crippen molar-refractivity contribution in [1.82, 2.24) is 0 Å². The zero-order valence-electron chi connectivity index (χ0n) is 7.60. The Balaban J connectivity index is 3.36. The van der Waals surface area contributed by atoms with E-state index in [9.17, 15) is 8.42 Å². The molecule has 0 aromatic heterocycles. The summed E-state index contributed by atoms with van der Waals surface area (Å²) >= 11 is 0. The first-order valence-electron chi connectivity index (χ1n) is 3.93. The number of hydrogen-bond acceptors (Lipinski definition) is 4. The lowest BCUT2D eigenvalue weighted by Crippen LogP contribution is -2.15. The summed E-state index contributed by atoms with van der Waals surface area (Å²) in [5.41, 5.74) is 0. The molecule has 0 bridgehead atoms. The lowest BCUT2D eigenvalue weighted by atomic mass is 10.5. The molecule has 0 rings (SSSR count). The van der Waals surface area contributed by atoms with Crippen molar-refractivity contribution >= 4 is 10.1 Å². The van der Waals surface area contributed by atoms with Crippen LogP contribution in [0.25, 0.3) is 0 Å². The molecule has 0 aliphatic rings. The summed E-state index contributed by atoms with van der Waals surface area (Å²) in [6.07, 6.45) is -0.136. The van der Waals surface area contributed by atoms with Crippen molar-refractivity contribution in [3.63, 3.8) is 0 Å². The molecule has 13 heavy (non-hydrogen) atoms. The van der Waals surface area contributed by atoms with Gasteiger partial charge < -0.3 is 9.47 Å². The second kappa shape index (κ2) is 6.31. The molecule has 0 aliphatic heterocycles. The highest BCUT2D eigenvalue weighted by atomic mass is 32.2. The van der Waals surface area contributed by atoms with Crippen LogP contribution in [0.1, 0.15) is 13.3 Å². The van der Waals surface area contributed by atoms with Crippen LogP contribution in [-0.4, -0.2) is 38.2 Å². The van der Waals surface area contributed by atoms with Crippen LogP contribution in [0.3, 0.4) is 0 Å². The van der Waals surface area contributed by atoms with E-state index in [1.807, 2.05) is 0 Å². The van der Waals surface area contributed by atoms with Crippen LogP contribution in [0.5, 0.6) is 0 Å². The first-order chi connectivity index (χ1) is 5.95. The van der Waals surface area contributed by atoms with Crippen LogP contribution in [-0.2, 0) is 19.6 Å². The largest absolute Gasteiger partial charge is 0.353 e. The zero-order valence-corrected chi connectivity index (χ0v) is 8.42. The molecule has 0 heterocycles. The predicted molar refractivity (Wildman–Crippen MR) is 47.8 cm³/mol. The van der Waals surface area contributed by atoms with Crippen LogP contribution < -0.4 is 0 Å². The van der Waals surface area contributed by atoms with Gasteiger partial charge in [0.05, 0.1) is 12.4 Å². The van der Waals surface area contributed by atoms with E-state index in [0.29, 0.717) is 6.61 Å². The quantitative estimate of drug-likeness (QED) is 0.376. The molecular weight excluding hydrogens is 196 g/mol. The molecule has 0 aromatic carbocycles. The van der Waals surface area contributed by atoms with Crippen LogP contribution in [0.15, 0.2) is 0 Å². The molecule has 1 atom stereocenters. The van der Waals surface area contributed by atoms with E-state index in [0.717, 1.165) is 0 Å². The fraction of sp³-hybridized carbons (Fsp3) is 0.857. The summed E-state index contributed by atoms with van der Waals surface area (Å²) in [7, 11) is -3.87. The Labute approximate surface area is 78.8 Å². The minimum Gasteiger partial charge on any atom is -0.353 e. The van der Waals surface area contributed by atoms with Crippen LogP contribution in [0.4, 0.5) is 0 Å². The van der Waals surface area contributed by atoms with Gasteiger partial charge >= 0.3 is 0 Å². The molecule has 1 radical (unpaired) electrons. The van der Waals surface area contributed by atoms with Gasteiger partial charge in [0.1, 0.15) is 0 Å². The van der Waals surface area contributed by atoms with Crippen molar-refractivity contribution in [3.8, 4) is 0 Å². The first-order valence-corrected chi connectivity index (χ1v) is 5.54. The highest BCUT2D eigenvalue weighted by Crippen LogP contribution is 1.96. The second-order valence-corrected chi connectivity index (χ2v) is 4.02. The molecule has 79 valence electrons. The normalized spacial score (nSPS) is 14.4. The minimum atomic E-state index is -3.87. The lowest BCUT2D eigenvalue weighted by Gasteiger charge is -2.11. The van der Waals surface area contributed by atoms with Gasteiger partial charge in [-0.2, -0.15) is 8.42 Å². The van der Waals surface area contributed by atoms with Crippen LogP contribution in [0, 0.1) is 6.92 Å². The van der Waals surface area contributed by atoms with Crippen molar-refractivity contribution in [2.45, 2.75) is 19.6 Å². The molecule has 1 unspecified atom stereocenters. The topological polar surface area (TPSA) is 72.8 Å². The van der Waals surface area contributed by atoms with Crippen molar-refractivity contribution in [2.24, 2.45) is 0 Å². The molecule has 0 saturated carbocycles. The summed E-state index contributed by atoms with van der Waals surface area (Å²) in [6.45, 7) is 5.69. The second-order valence-electron chi connectivity index (χ2n) is 2.45. The standard InChI is InChI=1S/C7H15O5S/c1-3-11-7(2)12-5-4-6-13(8,9)10/h7H,1,3-6H2,2H3,(H,8,9,10). The van der Waals surface area contributed by atoms with Crippen molar-refractivity contribution < 1.29 is 22.4 Å². The Morgan fingerprint density at radius 1 is 1.46 bits per heavy atom. The third-order valence-corrected chi connectivity index (χ3v) is 2.06. The third kappa shape index (κ3) is 9.75. The number of ether oxygens (including phenoxy) is 2. The summed E-state index contributed by atoms with van der Waals surface area (Å²) in [5, 5.41) is 0. The average Bonchev–Trinajstić information content (AvgIpc) is 1.97. The van der Waals surface area contributed by atoms with Crippen LogP contribution >= 0.6 is 0 Å². The summed E-state index contributed by atoms with van der Waals surface area (Å²) in [4.78, 5) is 0. The van der Waals surface area contributed by atoms with Crippen molar-refractivity contribution in [1.29, 1.82) is 0 Å². The highest BCUT2D eigenvalue weighted by molar-refractivity contribution is 7.85. The van der Waals surface area contributed by atoms with Crippen molar-refractivity contribution in [3.05, 3.63) is 6.92 Å². The minimum absolute atomic E-state index is 0.237. The van der Waals surface area contributed by atoms with Gasteiger partial charge in [0.25, 0.3) is 10.1 Å². The van der Waals surface area contributed by atoms with E-state index in [2.05, 4.69) is 6.92 Å². The van der Waals surface area contributed by atoms with Gasteiger partial charge in [0.2, 0.25) is 0 Å². The molecular formula is C7H15O5S. The Hall–Kier alpha value is -0.170. The van der Waals surface area contributed by atoms with E-state index < -0.39 is 10.1 Å². The Morgan fingerprint density at radius 3 is 2.54 bits per heavy atom. The van der Waals surface area contributed by atoms with Gasteiger partial charge in [0, 0.05) is 6.61 Å². The lowest BCUT2D eigenvalue weighted by molar-refractivity contribution is -0.122. The number of rotatable bonds is 7. The van der Waals surface area contributed by atoms with Crippen molar-refractivity contribution in [2.75, 3.05) is 19.0 Å². The Kier molecular flexibility index (Phi) is 6.23. The van der Waals surface area contributed by atoms with Gasteiger partial charge in [-0.15, -0.1) is 0 Å². The van der Waals surface area contributed by atoms with Gasteiger partial charge in [-0.05, 0) is 20.3 Å². The van der Waals surface area contributed by atoms with E-state index in [1.165, 1.54) is 0 Å². The van der Waals surface area contributed by atoms with E-state index in [4.69, 9.17) is 14.0 Å². The Bertz CT molecular complexity index is 211. The van der Waals surface area contributed by atoms with E-state index in [1.54, 1.807) is 6.92 Å². The third-order valence-electron chi connectivity index (χ3n) is 1.25. The molecule has 0 fully saturated rings. The monoisotopic (exact) mass is 211 g/mol. The van der Waals surface area contributed by atoms with Gasteiger partial charge in [-0.25, -0.2) is 0 Å². The zero-order chi connectivity index (χ0) is 10.3. The summed E-state index contributed by atoms with van der Waals surface area (Å²) in [6, 6.07) is 0. The van der Waals surface area contributed by atoms with E-state index >= 15 is 0 Å². The Morgan fingerprint density at radius 2 is 2.08 bits per heavy atom. The molecule has 0 saturated heterocycles. The van der Waals surface area contributed by atoms with Gasteiger partial charge in [-0.1, -0.05) is 0 Å². The maximum Gasteiger partial charge on any atom is 0.264 e. The maximum absolute atomic E-state index is 10.3. The summed E-state index contributed by atoms with van der Waals surface area (Å²) in [5.74, 6) is -0.288. The molecule has 0 spiro atoms.